The number of aryl methyl sites for hydroxylation is 2. The van der Waals surface area contributed by atoms with Crippen molar-refractivity contribution in [3.63, 3.8) is 0 Å². The molecule has 0 aliphatic heterocycles. The van der Waals surface area contributed by atoms with Crippen LogP contribution in [0.5, 0.6) is 0 Å². The minimum absolute atomic E-state index is 0.798. The zero-order valence-corrected chi connectivity index (χ0v) is 12.4. The molecule has 0 amide bonds. The third kappa shape index (κ3) is 2.37. The van der Waals surface area contributed by atoms with Gasteiger partial charge in [0.15, 0.2) is 0 Å². The molecule has 0 saturated heterocycles. The lowest BCUT2D eigenvalue weighted by molar-refractivity contribution is 1.27. The maximum Gasteiger partial charge on any atom is 0.0395 e. The van der Waals surface area contributed by atoms with Gasteiger partial charge in [0.1, 0.15) is 0 Å². The lowest BCUT2D eigenvalue weighted by Gasteiger charge is -2.09. The molecule has 0 radical (unpaired) electrons. The first-order valence-electron chi connectivity index (χ1n) is 6.52. The molecule has 0 spiro atoms. The van der Waals surface area contributed by atoms with Crippen LogP contribution in [0.25, 0.3) is 10.8 Å². The lowest BCUT2D eigenvalue weighted by atomic mass is 10.1. The van der Waals surface area contributed by atoms with E-state index >= 15 is 0 Å². The van der Waals surface area contributed by atoms with E-state index in [1.54, 1.807) is 18.0 Å². The maximum absolute atomic E-state index is 6.03. The second kappa shape index (κ2) is 5.17. The smallest absolute Gasteiger partial charge is 0.0395 e. The molecule has 0 saturated carbocycles. The molecule has 0 bridgehead atoms. The first-order chi connectivity index (χ1) is 9.65. The van der Waals surface area contributed by atoms with Crippen molar-refractivity contribution in [3.8, 4) is 0 Å². The highest BCUT2D eigenvalue weighted by Gasteiger charge is 2.06. The molecule has 2 nitrogen and oxygen atoms in total. The van der Waals surface area contributed by atoms with E-state index in [2.05, 4.69) is 43.1 Å². The molecule has 100 valence electrons. The summed E-state index contributed by atoms with van der Waals surface area (Å²) in [6.07, 6.45) is 3.66. The van der Waals surface area contributed by atoms with E-state index in [1.807, 2.05) is 18.3 Å². The Labute approximate surface area is 123 Å². The van der Waals surface area contributed by atoms with Gasteiger partial charge in [-0.1, -0.05) is 17.8 Å². The Bertz CT molecular complexity index is 781. The predicted molar refractivity (Wildman–Crippen MR) is 86.2 cm³/mol. The van der Waals surface area contributed by atoms with Gasteiger partial charge in [-0.3, -0.25) is 4.98 Å². The molecule has 3 rings (SSSR count). The van der Waals surface area contributed by atoms with Crippen LogP contribution in [0.1, 0.15) is 11.1 Å². The summed E-state index contributed by atoms with van der Waals surface area (Å²) in [5.74, 6) is 0. The number of nitrogens with two attached hydrogens (primary N) is 1. The fourth-order valence-corrected chi connectivity index (χ4v) is 3.22. The van der Waals surface area contributed by atoms with Gasteiger partial charge in [-0.2, -0.15) is 0 Å². The summed E-state index contributed by atoms with van der Waals surface area (Å²) in [5, 5.41) is 2.17. The largest absolute Gasteiger partial charge is 0.398 e. The number of nitrogens with zero attached hydrogens (tertiary/aromatic N) is 1. The Morgan fingerprint density at radius 2 is 1.80 bits per heavy atom. The first-order valence-corrected chi connectivity index (χ1v) is 7.34. The van der Waals surface area contributed by atoms with E-state index in [0.29, 0.717) is 0 Å². The van der Waals surface area contributed by atoms with Crippen LogP contribution in [0.15, 0.2) is 58.6 Å². The van der Waals surface area contributed by atoms with Crippen molar-refractivity contribution in [1.82, 2.24) is 4.98 Å². The zero-order chi connectivity index (χ0) is 14.1. The molecule has 0 aliphatic rings. The summed E-state index contributed by atoms with van der Waals surface area (Å²) in [6, 6.07) is 12.5. The Kier molecular flexibility index (Phi) is 3.36. The molecule has 0 atom stereocenters. The summed E-state index contributed by atoms with van der Waals surface area (Å²) in [5.41, 5.74) is 9.45. The Morgan fingerprint density at radius 3 is 2.60 bits per heavy atom. The number of pyridine rings is 1. The zero-order valence-electron chi connectivity index (χ0n) is 11.6. The molecule has 0 fully saturated rings. The van der Waals surface area contributed by atoms with Crippen LogP contribution in [0.3, 0.4) is 0 Å². The van der Waals surface area contributed by atoms with Crippen molar-refractivity contribution < 1.29 is 0 Å². The number of anilines is 1. The van der Waals surface area contributed by atoms with Crippen LogP contribution in [0.2, 0.25) is 0 Å². The van der Waals surface area contributed by atoms with Crippen molar-refractivity contribution in [1.29, 1.82) is 0 Å². The number of hydrogen-bond acceptors (Lipinski definition) is 3. The van der Waals surface area contributed by atoms with Crippen LogP contribution < -0.4 is 5.73 Å². The van der Waals surface area contributed by atoms with E-state index in [1.165, 1.54) is 20.9 Å². The summed E-state index contributed by atoms with van der Waals surface area (Å²) in [4.78, 5) is 6.64. The minimum atomic E-state index is 0.798. The Balaban J connectivity index is 2.06. The monoisotopic (exact) mass is 280 g/mol. The third-order valence-electron chi connectivity index (χ3n) is 3.52. The summed E-state index contributed by atoms with van der Waals surface area (Å²) < 4.78 is 0. The minimum Gasteiger partial charge on any atom is -0.398 e. The molecule has 20 heavy (non-hydrogen) atoms. The number of aromatic nitrogens is 1. The van der Waals surface area contributed by atoms with E-state index in [4.69, 9.17) is 5.73 Å². The number of hydrogen-bond donors (Lipinski definition) is 1. The quantitative estimate of drug-likeness (QED) is 0.698. The Morgan fingerprint density at radius 1 is 0.950 bits per heavy atom. The maximum atomic E-state index is 6.03. The van der Waals surface area contributed by atoms with Gasteiger partial charge >= 0.3 is 0 Å². The van der Waals surface area contributed by atoms with Gasteiger partial charge in [-0.05, 0) is 55.3 Å². The van der Waals surface area contributed by atoms with E-state index in [9.17, 15) is 0 Å². The lowest BCUT2D eigenvalue weighted by Crippen LogP contribution is -1.89. The normalized spacial score (nSPS) is 10.9. The highest BCUT2D eigenvalue weighted by molar-refractivity contribution is 7.99. The van der Waals surface area contributed by atoms with Crippen molar-refractivity contribution in [2.24, 2.45) is 0 Å². The molecule has 2 N–H and O–H groups in total. The predicted octanol–water partition coefficient (Wildman–Crippen LogP) is 4.59. The van der Waals surface area contributed by atoms with Crippen LogP contribution in [-0.2, 0) is 0 Å². The highest BCUT2D eigenvalue weighted by Crippen LogP contribution is 2.35. The Hall–Kier alpha value is -2.00. The van der Waals surface area contributed by atoms with Crippen molar-refractivity contribution in [3.05, 3.63) is 59.9 Å². The number of rotatable bonds is 2. The molecule has 3 aromatic rings. The van der Waals surface area contributed by atoms with Gasteiger partial charge in [0, 0.05) is 38.6 Å². The van der Waals surface area contributed by atoms with Gasteiger partial charge in [-0.15, -0.1) is 0 Å². The standard InChI is InChI=1S/C17H16N2S/c1-11-3-4-13(9-12(11)2)20-17-6-5-16(18)14-7-8-19-10-15(14)17/h3-10H,18H2,1-2H3. The van der Waals surface area contributed by atoms with Crippen LogP contribution >= 0.6 is 11.8 Å². The van der Waals surface area contributed by atoms with Gasteiger partial charge < -0.3 is 5.73 Å². The third-order valence-corrected chi connectivity index (χ3v) is 4.58. The van der Waals surface area contributed by atoms with E-state index in [0.717, 1.165) is 16.5 Å². The fraction of sp³-hybridized carbons (Fsp3) is 0.118. The number of fused-ring (bicyclic) bond motifs is 1. The van der Waals surface area contributed by atoms with Gasteiger partial charge in [0.2, 0.25) is 0 Å². The molecular formula is C17H16N2S. The number of nitrogen functional groups attached to an aromatic ring is 1. The molecule has 0 aliphatic carbocycles. The van der Waals surface area contributed by atoms with Crippen LogP contribution in [0.4, 0.5) is 5.69 Å². The summed E-state index contributed by atoms with van der Waals surface area (Å²) >= 11 is 1.75. The summed E-state index contributed by atoms with van der Waals surface area (Å²) in [6.45, 7) is 4.27. The fourth-order valence-electron chi connectivity index (χ4n) is 2.18. The second-order valence-electron chi connectivity index (χ2n) is 4.92. The molecule has 3 heteroatoms. The topological polar surface area (TPSA) is 38.9 Å². The van der Waals surface area contributed by atoms with Crippen molar-refractivity contribution in [2.75, 3.05) is 5.73 Å². The SMILES string of the molecule is Cc1ccc(Sc2ccc(N)c3ccncc23)cc1C. The second-order valence-corrected chi connectivity index (χ2v) is 6.04. The highest BCUT2D eigenvalue weighted by atomic mass is 32.2. The van der Waals surface area contributed by atoms with Crippen LogP contribution in [0, 0.1) is 13.8 Å². The van der Waals surface area contributed by atoms with Crippen LogP contribution in [-0.4, -0.2) is 4.98 Å². The van der Waals surface area contributed by atoms with E-state index in [-0.39, 0.29) is 0 Å². The van der Waals surface area contributed by atoms with Crippen molar-refractivity contribution in [2.45, 2.75) is 23.6 Å². The molecule has 2 aromatic carbocycles. The van der Waals surface area contributed by atoms with Gasteiger partial charge in [0.05, 0.1) is 0 Å². The molecule has 1 heterocycles. The van der Waals surface area contributed by atoms with E-state index < -0.39 is 0 Å². The van der Waals surface area contributed by atoms with Crippen molar-refractivity contribution >= 4 is 28.2 Å². The average molecular weight is 280 g/mol. The molecule has 0 unspecified atom stereocenters. The van der Waals surface area contributed by atoms with Gasteiger partial charge in [0.25, 0.3) is 0 Å². The van der Waals surface area contributed by atoms with Gasteiger partial charge in [-0.25, -0.2) is 0 Å². The first kappa shape index (κ1) is 13.0. The number of benzene rings is 2. The average Bonchev–Trinajstić information content (AvgIpc) is 2.46. The molecular weight excluding hydrogens is 264 g/mol. The summed E-state index contributed by atoms with van der Waals surface area (Å²) in [7, 11) is 0. The molecule has 1 aromatic heterocycles.